The molecule has 1 atom stereocenters. The van der Waals surface area contributed by atoms with E-state index in [0.29, 0.717) is 12.1 Å². The maximum absolute atomic E-state index is 13.8. The van der Waals surface area contributed by atoms with Crippen LogP contribution in [0.25, 0.3) is 0 Å². The van der Waals surface area contributed by atoms with Gasteiger partial charge in [0.15, 0.2) is 0 Å². The van der Waals surface area contributed by atoms with E-state index in [1.54, 1.807) is 30.5 Å². The monoisotopic (exact) mass is 345 g/mol. The lowest BCUT2D eigenvalue weighted by Crippen LogP contribution is -2.37. The Bertz CT molecular complexity index is 769. The second-order valence-corrected chi connectivity index (χ2v) is 6.55. The molecule has 6 heteroatoms. The van der Waals surface area contributed by atoms with Crippen LogP contribution in [0.15, 0.2) is 41.3 Å². The second kappa shape index (κ2) is 7.80. The van der Waals surface area contributed by atoms with Crippen LogP contribution in [0.1, 0.15) is 36.9 Å². The molecular formula is C19H24FN3O2. The van der Waals surface area contributed by atoms with Gasteiger partial charge >= 0.3 is 0 Å². The van der Waals surface area contributed by atoms with E-state index in [1.807, 2.05) is 6.92 Å². The van der Waals surface area contributed by atoms with Crippen LogP contribution < -0.4 is 15.8 Å². The molecule has 1 unspecified atom stereocenters. The summed E-state index contributed by atoms with van der Waals surface area (Å²) in [5, 5.41) is 13.0. The van der Waals surface area contributed by atoms with E-state index in [0.717, 1.165) is 37.2 Å². The number of benzene rings is 1. The van der Waals surface area contributed by atoms with Crippen molar-refractivity contribution in [2.45, 2.75) is 38.5 Å². The van der Waals surface area contributed by atoms with E-state index in [9.17, 15) is 14.3 Å². The third-order valence-corrected chi connectivity index (χ3v) is 4.76. The number of pyridine rings is 1. The first-order valence-corrected chi connectivity index (χ1v) is 8.67. The largest absolute Gasteiger partial charge is 0.393 e. The van der Waals surface area contributed by atoms with Crippen molar-refractivity contribution in [3.63, 3.8) is 0 Å². The van der Waals surface area contributed by atoms with E-state index < -0.39 is 0 Å². The summed E-state index contributed by atoms with van der Waals surface area (Å²) in [4.78, 5) is 16.6. The zero-order valence-electron chi connectivity index (χ0n) is 14.3. The van der Waals surface area contributed by atoms with Gasteiger partial charge in [0.25, 0.3) is 5.56 Å². The zero-order valence-corrected chi connectivity index (χ0v) is 14.3. The Morgan fingerprint density at radius 2 is 2.12 bits per heavy atom. The molecule has 25 heavy (non-hydrogen) atoms. The molecular weight excluding hydrogens is 321 g/mol. The number of piperidine rings is 1. The number of hydrogen-bond acceptors (Lipinski definition) is 4. The molecule has 1 saturated heterocycles. The van der Waals surface area contributed by atoms with Gasteiger partial charge in [-0.1, -0.05) is 6.07 Å². The summed E-state index contributed by atoms with van der Waals surface area (Å²) >= 11 is 0. The SMILES string of the molecule is CC(NCc1ccc[nH]c1=O)c1cc(F)ccc1N1CCC(O)CC1. The lowest BCUT2D eigenvalue weighted by molar-refractivity contribution is 0.145. The van der Waals surface area contributed by atoms with E-state index >= 15 is 0 Å². The van der Waals surface area contributed by atoms with Gasteiger partial charge in [-0.15, -0.1) is 0 Å². The maximum atomic E-state index is 13.8. The number of H-pyrrole nitrogens is 1. The molecule has 3 N–H and O–H groups in total. The number of aliphatic hydroxyl groups is 1. The number of anilines is 1. The zero-order chi connectivity index (χ0) is 17.8. The minimum Gasteiger partial charge on any atom is -0.393 e. The van der Waals surface area contributed by atoms with Gasteiger partial charge in [0.05, 0.1) is 6.10 Å². The highest BCUT2D eigenvalue weighted by Crippen LogP contribution is 2.29. The van der Waals surface area contributed by atoms with E-state index in [4.69, 9.17) is 0 Å². The molecule has 0 radical (unpaired) electrons. The summed E-state index contributed by atoms with van der Waals surface area (Å²) in [7, 11) is 0. The molecule has 1 fully saturated rings. The average Bonchev–Trinajstić information content (AvgIpc) is 2.61. The quantitative estimate of drug-likeness (QED) is 0.778. The number of nitrogens with one attached hydrogen (secondary N) is 2. The average molecular weight is 345 g/mol. The summed E-state index contributed by atoms with van der Waals surface area (Å²) in [5.74, 6) is -0.276. The van der Waals surface area contributed by atoms with Crippen LogP contribution in [0.3, 0.4) is 0 Å². The summed E-state index contributed by atoms with van der Waals surface area (Å²) in [6.07, 6.45) is 2.79. The molecule has 2 aromatic rings. The van der Waals surface area contributed by atoms with Crippen LogP contribution in [-0.2, 0) is 6.54 Å². The second-order valence-electron chi connectivity index (χ2n) is 6.55. The van der Waals surface area contributed by atoms with Gasteiger partial charge in [0, 0.05) is 43.1 Å². The summed E-state index contributed by atoms with van der Waals surface area (Å²) in [5.41, 5.74) is 2.37. The molecule has 1 aliphatic heterocycles. The molecule has 0 saturated carbocycles. The summed E-state index contributed by atoms with van der Waals surface area (Å²) in [6, 6.07) is 8.27. The van der Waals surface area contributed by atoms with Crippen LogP contribution in [0.5, 0.6) is 0 Å². The highest BCUT2D eigenvalue weighted by molar-refractivity contribution is 5.55. The standard InChI is InChI=1S/C19H24FN3O2/c1-13(22-12-14-3-2-8-21-19(14)25)17-11-15(20)4-5-18(17)23-9-6-16(24)7-10-23/h2-5,8,11,13,16,22,24H,6-7,9-10,12H2,1H3,(H,21,25). The molecule has 2 heterocycles. The normalized spacial score (nSPS) is 16.8. The predicted molar refractivity (Wildman–Crippen MR) is 96.2 cm³/mol. The lowest BCUT2D eigenvalue weighted by atomic mass is 10.0. The molecule has 3 rings (SSSR count). The maximum Gasteiger partial charge on any atom is 0.252 e. The molecule has 5 nitrogen and oxygen atoms in total. The molecule has 134 valence electrons. The number of halogens is 1. The van der Waals surface area contributed by atoms with E-state index in [1.165, 1.54) is 6.07 Å². The van der Waals surface area contributed by atoms with Crippen LogP contribution in [0.4, 0.5) is 10.1 Å². The van der Waals surface area contributed by atoms with Crippen molar-refractivity contribution in [1.82, 2.24) is 10.3 Å². The van der Waals surface area contributed by atoms with Crippen molar-refractivity contribution >= 4 is 5.69 Å². The summed E-state index contributed by atoms with van der Waals surface area (Å²) < 4.78 is 13.8. The molecule has 0 amide bonds. The highest BCUT2D eigenvalue weighted by Gasteiger charge is 2.21. The first-order chi connectivity index (χ1) is 12.0. The fourth-order valence-electron chi connectivity index (χ4n) is 3.24. The third-order valence-electron chi connectivity index (χ3n) is 4.76. The number of rotatable bonds is 5. The van der Waals surface area contributed by atoms with Gasteiger partial charge in [-0.2, -0.15) is 0 Å². The number of hydrogen-bond donors (Lipinski definition) is 3. The van der Waals surface area contributed by atoms with Gasteiger partial charge in [0.1, 0.15) is 5.82 Å². The molecule has 0 spiro atoms. The number of aromatic nitrogens is 1. The van der Waals surface area contributed by atoms with Gasteiger partial charge in [-0.3, -0.25) is 4.79 Å². The topological polar surface area (TPSA) is 68.4 Å². The minimum atomic E-state index is -0.276. The van der Waals surface area contributed by atoms with Crippen LogP contribution in [-0.4, -0.2) is 29.3 Å². The molecule has 1 aliphatic rings. The Morgan fingerprint density at radius 1 is 1.36 bits per heavy atom. The Labute approximate surface area is 146 Å². The van der Waals surface area contributed by atoms with Gasteiger partial charge in [-0.25, -0.2) is 4.39 Å². The Balaban J connectivity index is 1.77. The lowest BCUT2D eigenvalue weighted by Gasteiger charge is -2.34. The van der Waals surface area contributed by atoms with Crippen molar-refractivity contribution in [3.8, 4) is 0 Å². The third kappa shape index (κ3) is 4.27. The minimum absolute atomic E-state index is 0.114. The highest BCUT2D eigenvalue weighted by atomic mass is 19.1. The number of aliphatic hydroxyl groups excluding tert-OH is 1. The number of nitrogens with zero attached hydrogens (tertiary/aromatic N) is 1. The first-order valence-electron chi connectivity index (χ1n) is 8.67. The Morgan fingerprint density at radius 3 is 2.84 bits per heavy atom. The van der Waals surface area contributed by atoms with Gasteiger partial charge in [-0.05, 0) is 49.6 Å². The fourth-order valence-corrected chi connectivity index (χ4v) is 3.24. The first kappa shape index (κ1) is 17.6. The molecule has 1 aromatic carbocycles. The van der Waals surface area contributed by atoms with Gasteiger partial charge < -0.3 is 20.3 Å². The van der Waals surface area contributed by atoms with Crippen LogP contribution >= 0.6 is 0 Å². The predicted octanol–water partition coefficient (Wildman–Crippen LogP) is 2.33. The van der Waals surface area contributed by atoms with Gasteiger partial charge in [0.2, 0.25) is 0 Å². The van der Waals surface area contributed by atoms with E-state index in [2.05, 4.69) is 15.2 Å². The fraction of sp³-hybridized carbons (Fsp3) is 0.421. The van der Waals surface area contributed by atoms with Crippen molar-refractivity contribution in [2.75, 3.05) is 18.0 Å². The van der Waals surface area contributed by atoms with E-state index in [-0.39, 0.29) is 23.5 Å². The van der Waals surface area contributed by atoms with Crippen LogP contribution in [0, 0.1) is 5.82 Å². The van der Waals surface area contributed by atoms with Crippen molar-refractivity contribution in [1.29, 1.82) is 0 Å². The van der Waals surface area contributed by atoms with Crippen molar-refractivity contribution in [3.05, 3.63) is 63.8 Å². The summed E-state index contributed by atoms with van der Waals surface area (Å²) in [6.45, 7) is 3.88. The molecule has 1 aromatic heterocycles. The van der Waals surface area contributed by atoms with Crippen LogP contribution in [0.2, 0.25) is 0 Å². The molecule has 0 bridgehead atoms. The number of aromatic amines is 1. The smallest absolute Gasteiger partial charge is 0.252 e. The molecule has 0 aliphatic carbocycles. The Hall–Kier alpha value is -2.18. The van der Waals surface area contributed by atoms with Crippen molar-refractivity contribution < 1.29 is 9.50 Å². The Kier molecular flexibility index (Phi) is 5.50. The van der Waals surface area contributed by atoms with Crippen molar-refractivity contribution in [2.24, 2.45) is 0 Å².